The fourth-order valence-electron chi connectivity index (χ4n) is 1.99. The average Bonchev–Trinajstić information content (AvgIpc) is 2.70. The molecule has 0 fully saturated rings. The summed E-state index contributed by atoms with van der Waals surface area (Å²) in [5, 5.41) is 36.1. The van der Waals surface area contributed by atoms with Gasteiger partial charge in [0.15, 0.2) is 0 Å². The van der Waals surface area contributed by atoms with Gasteiger partial charge in [-0.05, 0) is 12.8 Å². The lowest BCUT2D eigenvalue weighted by Gasteiger charge is -2.24. The molecule has 0 aliphatic carbocycles. The zero-order chi connectivity index (χ0) is 24.3. The molecule has 0 aromatic carbocycles. The SMILES string of the molecule is OCCCOCC(O)COCCOCC(F)(F)OC(F)(F)COCC(O)COCCCO. The van der Waals surface area contributed by atoms with Crippen LogP contribution in [0.5, 0.6) is 0 Å². The van der Waals surface area contributed by atoms with Crippen LogP contribution in [0.15, 0.2) is 0 Å². The van der Waals surface area contributed by atoms with Crippen molar-refractivity contribution in [2.45, 2.75) is 37.3 Å². The van der Waals surface area contributed by atoms with Gasteiger partial charge in [0.05, 0.1) is 39.6 Å². The molecular weight excluding hydrogens is 452 g/mol. The highest BCUT2D eigenvalue weighted by Gasteiger charge is 2.44. The van der Waals surface area contributed by atoms with Gasteiger partial charge in [-0.3, -0.25) is 4.74 Å². The topological polar surface area (TPSA) is 136 Å². The maximum absolute atomic E-state index is 13.5. The summed E-state index contributed by atoms with van der Waals surface area (Å²) >= 11 is 0. The molecule has 0 amide bonds. The van der Waals surface area contributed by atoms with Crippen molar-refractivity contribution in [3.8, 4) is 0 Å². The van der Waals surface area contributed by atoms with Gasteiger partial charge in [0, 0.05) is 26.4 Å². The fraction of sp³-hybridized carbons (Fsp3) is 1.00. The second-order valence-electron chi connectivity index (χ2n) is 6.63. The van der Waals surface area contributed by atoms with Crippen molar-refractivity contribution in [2.24, 2.45) is 0 Å². The van der Waals surface area contributed by atoms with E-state index in [0.29, 0.717) is 12.8 Å². The first-order valence-electron chi connectivity index (χ1n) is 10.0. The highest BCUT2D eigenvalue weighted by atomic mass is 19.3. The van der Waals surface area contributed by atoms with E-state index in [2.05, 4.69) is 14.2 Å². The molecule has 10 nitrogen and oxygen atoms in total. The molecule has 0 rings (SSSR count). The monoisotopic (exact) mass is 486 g/mol. The van der Waals surface area contributed by atoms with Crippen LogP contribution in [0, 0.1) is 0 Å². The lowest BCUT2D eigenvalue weighted by Crippen LogP contribution is -2.40. The molecule has 32 heavy (non-hydrogen) atoms. The van der Waals surface area contributed by atoms with Crippen LogP contribution in [0.2, 0.25) is 0 Å². The van der Waals surface area contributed by atoms with Crippen molar-refractivity contribution in [3.05, 3.63) is 0 Å². The second kappa shape index (κ2) is 18.7. The number of rotatable bonds is 23. The summed E-state index contributed by atoms with van der Waals surface area (Å²) in [5.74, 6) is 0. The first-order valence-corrected chi connectivity index (χ1v) is 10.0. The number of alkyl halides is 4. The molecule has 0 spiro atoms. The van der Waals surface area contributed by atoms with Crippen LogP contribution in [-0.2, 0) is 28.4 Å². The third-order valence-electron chi connectivity index (χ3n) is 3.35. The van der Waals surface area contributed by atoms with E-state index in [9.17, 15) is 27.8 Å². The van der Waals surface area contributed by atoms with Crippen LogP contribution in [0.1, 0.15) is 12.8 Å². The Hall–Kier alpha value is -0.680. The number of aliphatic hydroxyl groups is 4. The maximum atomic E-state index is 13.5. The summed E-state index contributed by atoms with van der Waals surface area (Å²) in [6.45, 7) is -4.23. The van der Waals surface area contributed by atoms with Crippen LogP contribution < -0.4 is 0 Å². The number of ether oxygens (including phenoxy) is 6. The Labute approximate surface area is 183 Å². The van der Waals surface area contributed by atoms with Gasteiger partial charge in [-0.2, -0.15) is 17.6 Å². The van der Waals surface area contributed by atoms with Gasteiger partial charge in [-0.1, -0.05) is 0 Å². The molecule has 2 unspecified atom stereocenters. The average molecular weight is 486 g/mol. The Kier molecular flexibility index (Phi) is 18.3. The second-order valence-corrected chi connectivity index (χ2v) is 6.63. The molecule has 194 valence electrons. The standard InChI is InChI=1S/C18H34F4O10/c19-17(20,13-30-8-7-29-11-15(25)9-27-5-1-3-23)32-18(21,22)14-31-12-16(26)10-28-6-2-4-24/h15-16,23-26H,1-14H2. The Morgan fingerprint density at radius 1 is 0.562 bits per heavy atom. The van der Waals surface area contributed by atoms with E-state index in [1.807, 2.05) is 0 Å². The molecule has 0 aliphatic rings. The largest absolute Gasteiger partial charge is 0.396 e. The molecule has 0 bridgehead atoms. The van der Waals surface area contributed by atoms with Crippen LogP contribution in [0.3, 0.4) is 0 Å². The predicted octanol–water partition coefficient (Wildman–Crippen LogP) is -0.242. The summed E-state index contributed by atoms with van der Waals surface area (Å²) in [7, 11) is 0. The van der Waals surface area contributed by atoms with Gasteiger partial charge < -0.3 is 44.1 Å². The zero-order valence-electron chi connectivity index (χ0n) is 17.8. The zero-order valence-corrected chi connectivity index (χ0v) is 17.8. The van der Waals surface area contributed by atoms with E-state index in [1.165, 1.54) is 0 Å². The fourth-order valence-corrected chi connectivity index (χ4v) is 1.99. The Morgan fingerprint density at radius 3 is 1.41 bits per heavy atom. The quantitative estimate of drug-likeness (QED) is 0.113. The van der Waals surface area contributed by atoms with E-state index in [-0.39, 0.29) is 59.5 Å². The number of hydrogen-bond donors (Lipinski definition) is 4. The van der Waals surface area contributed by atoms with E-state index >= 15 is 0 Å². The minimum atomic E-state index is -4.33. The summed E-state index contributed by atoms with van der Waals surface area (Å²) in [4.78, 5) is 0. The molecule has 4 N–H and O–H groups in total. The number of aliphatic hydroxyl groups excluding tert-OH is 4. The predicted molar refractivity (Wildman–Crippen MR) is 100 cm³/mol. The van der Waals surface area contributed by atoms with Crippen molar-refractivity contribution >= 4 is 0 Å². The van der Waals surface area contributed by atoms with E-state index < -0.39 is 44.2 Å². The molecular formula is C18H34F4O10. The lowest BCUT2D eigenvalue weighted by atomic mass is 10.4. The minimum absolute atomic E-state index is 0.0301. The van der Waals surface area contributed by atoms with Crippen molar-refractivity contribution in [3.63, 3.8) is 0 Å². The molecule has 0 aliphatic heterocycles. The van der Waals surface area contributed by atoms with E-state index in [0.717, 1.165) is 0 Å². The van der Waals surface area contributed by atoms with Crippen LogP contribution >= 0.6 is 0 Å². The third-order valence-corrected chi connectivity index (χ3v) is 3.35. The Balaban J connectivity index is 3.87. The lowest BCUT2D eigenvalue weighted by molar-refractivity contribution is -0.394. The van der Waals surface area contributed by atoms with Crippen molar-refractivity contribution in [2.75, 3.05) is 79.3 Å². The first kappa shape index (κ1) is 31.3. The number of halogens is 4. The molecule has 0 aromatic rings. The van der Waals surface area contributed by atoms with Gasteiger partial charge in [0.1, 0.15) is 25.4 Å². The minimum Gasteiger partial charge on any atom is -0.396 e. The van der Waals surface area contributed by atoms with Gasteiger partial charge >= 0.3 is 12.2 Å². The highest BCUT2D eigenvalue weighted by Crippen LogP contribution is 2.27. The van der Waals surface area contributed by atoms with Crippen LogP contribution in [0.4, 0.5) is 17.6 Å². The van der Waals surface area contributed by atoms with Gasteiger partial charge in [0.2, 0.25) is 0 Å². The van der Waals surface area contributed by atoms with Gasteiger partial charge in [-0.15, -0.1) is 0 Å². The van der Waals surface area contributed by atoms with Crippen LogP contribution in [-0.4, -0.2) is 124 Å². The highest BCUT2D eigenvalue weighted by molar-refractivity contribution is 4.60. The Bertz CT molecular complexity index is 435. The van der Waals surface area contributed by atoms with Crippen molar-refractivity contribution in [1.29, 1.82) is 0 Å². The summed E-state index contributed by atoms with van der Waals surface area (Å²) in [5.41, 5.74) is 0. The van der Waals surface area contributed by atoms with E-state index in [1.54, 1.807) is 0 Å². The van der Waals surface area contributed by atoms with Gasteiger partial charge in [0.25, 0.3) is 0 Å². The summed E-state index contributed by atoms with van der Waals surface area (Å²) in [6.07, 6.45) is -10.1. The third kappa shape index (κ3) is 20.0. The molecule has 0 saturated heterocycles. The van der Waals surface area contributed by atoms with Crippen molar-refractivity contribution < 1.29 is 66.4 Å². The number of hydrogen-bond acceptors (Lipinski definition) is 10. The molecule has 14 heteroatoms. The summed E-state index contributed by atoms with van der Waals surface area (Å²) < 4.78 is 81.4. The summed E-state index contributed by atoms with van der Waals surface area (Å²) in [6, 6.07) is 0. The van der Waals surface area contributed by atoms with Gasteiger partial charge in [-0.25, -0.2) is 0 Å². The molecule has 0 heterocycles. The normalized spacial score (nSPS) is 14.6. The first-order chi connectivity index (χ1) is 15.1. The van der Waals surface area contributed by atoms with E-state index in [4.69, 9.17) is 24.4 Å². The molecule has 0 aromatic heterocycles. The van der Waals surface area contributed by atoms with Crippen molar-refractivity contribution in [1.82, 2.24) is 0 Å². The smallest absolute Gasteiger partial charge is 0.383 e. The molecule has 2 atom stereocenters. The maximum Gasteiger partial charge on any atom is 0.383 e. The molecule has 0 saturated carbocycles. The Morgan fingerprint density at radius 2 is 0.938 bits per heavy atom. The van der Waals surface area contributed by atoms with Crippen LogP contribution in [0.25, 0.3) is 0 Å². The molecule has 0 radical (unpaired) electrons.